The van der Waals surface area contributed by atoms with Crippen LogP contribution in [0.2, 0.25) is 0 Å². The number of allylic oxidation sites excluding steroid dienone is 4. The lowest BCUT2D eigenvalue weighted by Crippen LogP contribution is -2.50. The number of fused-ring (bicyclic) bond motifs is 5. The summed E-state index contributed by atoms with van der Waals surface area (Å²) in [5.41, 5.74) is 2.55. The molecular formula is C27H36O3. The minimum absolute atomic E-state index is 0.0326. The zero-order valence-corrected chi connectivity index (χ0v) is 18.9. The second-order valence-corrected chi connectivity index (χ2v) is 11.3. The van der Waals surface area contributed by atoms with E-state index in [1.54, 1.807) is 0 Å². The Balaban J connectivity index is 1.38. The van der Waals surface area contributed by atoms with Gasteiger partial charge < -0.3 is 4.74 Å². The maximum absolute atomic E-state index is 12.1. The fourth-order valence-corrected chi connectivity index (χ4v) is 8.34. The van der Waals surface area contributed by atoms with Crippen molar-refractivity contribution in [2.75, 3.05) is 0 Å². The Morgan fingerprint density at radius 3 is 2.67 bits per heavy atom. The molecule has 0 radical (unpaired) electrons. The summed E-state index contributed by atoms with van der Waals surface area (Å²) in [4.78, 5) is 24.1. The first-order chi connectivity index (χ1) is 14.2. The average molecular weight is 409 g/mol. The highest BCUT2D eigenvalue weighted by Crippen LogP contribution is 2.67. The normalized spacial score (nSPS) is 46.2. The summed E-state index contributed by atoms with van der Waals surface area (Å²) < 4.78 is 5.85. The molecule has 0 amide bonds. The summed E-state index contributed by atoms with van der Waals surface area (Å²) in [7, 11) is 0. The highest BCUT2D eigenvalue weighted by molar-refractivity contribution is 6.01. The molecule has 162 valence electrons. The third kappa shape index (κ3) is 2.83. The van der Waals surface area contributed by atoms with Crippen LogP contribution < -0.4 is 0 Å². The Morgan fingerprint density at radius 1 is 1.10 bits per heavy atom. The van der Waals surface area contributed by atoms with Crippen molar-refractivity contribution in [1.82, 2.24) is 0 Å². The molecule has 5 rings (SSSR count). The summed E-state index contributed by atoms with van der Waals surface area (Å²) in [6.07, 6.45) is 16.3. The molecule has 0 saturated heterocycles. The summed E-state index contributed by atoms with van der Waals surface area (Å²) in [5.74, 6) is 3.24. The number of rotatable bonds is 2. The van der Waals surface area contributed by atoms with Crippen molar-refractivity contribution >= 4 is 11.8 Å². The lowest BCUT2D eigenvalue weighted by atomic mass is 9.47. The minimum atomic E-state index is -0.125. The molecule has 30 heavy (non-hydrogen) atoms. The highest BCUT2D eigenvalue weighted by atomic mass is 16.5. The van der Waals surface area contributed by atoms with Crippen LogP contribution in [0.5, 0.6) is 0 Å². The van der Waals surface area contributed by atoms with Crippen LogP contribution in [0.15, 0.2) is 35.5 Å². The van der Waals surface area contributed by atoms with Gasteiger partial charge in [0.25, 0.3) is 0 Å². The molecule has 0 unspecified atom stereocenters. The van der Waals surface area contributed by atoms with E-state index in [9.17, 15) is 9.59 Å². The second-order valence-electron chi connectivity index (χ2n) is 11.3. The van der Waals surface area contributed by atoms with Crippen LogP contribution in [0.25, 0.3) is 0 Å². The van der Waals surface area contributed by atoms with Crippen LogP contribution in [0.1, 0.15) is 72.6 Å². The van der Waals surface area contributed by atoms with E-state index < -0.39 is 0 Å². The van der Waals surface area contributed by atoms with Gasteiger partial charge in [0.2, 0.25) is 0 Å². The maximum atomic E-state index is 12.1. The number of carbonyl (C=O) groups excluding carboxylic acids is 2. The molecule has 0 aromatic rings. The van der Waals surface area contributed by atoms with Crippen LogP contribution >= 0.6 is 0 Å². The van der Waals surface area contributed by atoms with Gasteiger partial charge in [-0.15, -0.1) is 0 Å². The molecule has 3 fully saturated rings. The third-order valence-electron chi connectivity index (χ3n) is 10.1. The van der Waals surface area contributed by atoms with Crippen molar-refractivity contribution in [2.45, 2.75) is 78.7 Å². The van der Waals surface area contributed by atoms with Crippen LogP contribution in [0.3, 0.4) is 0 Å². The van der Waals surface area contributed by atoms with E-state index in [2.05, 4.69) is 32.9 Å². The molecule has 1 aliphatic heterocycles. The van der Waals surface area contributed by atoms with Gasteiger partial charge in [-0.2, -0.15) is 0 Å². The molecule has 0 bridgehead atoms. The molecule has 3 saturated carbocycles. The number of cyclic esters (lactones) is 1. The van der Waals surface area contributed by atoms with Crippen molar-refractivity contribution in [3.63, 3.8) is 0 Å². The van der Waals surface area contributed by atoms with Gasteiger partial charge in [0.1, 0.15) is 6.10 Å². The van der Waals surface area contributed by atoms with Gasteiger partial charge in [-0.25, -0.2) is 4.79 Å². The van der Waals surface area contributed by atoms with Gasteiger partial charge in [-0.05, 0) is 92.6 Å². The van der Waals surface area contributed by atoms with Gasteiger partial charge in [0, 0.05) is 17.4 Å². The number of hydrogen-bond acceptors (Lipinski definition) is 3. The Labute approximate surface area is 181 Å². The molecule has 3 nitrogen and oxygen atoms in total. The SMILES string of the molecule is CC1=CC[C@H]([C@@H](C)[C@H]2CC[C@H]3[C@@H]4CCC5=CC(=O)C=C[C@]5(C)[C@H]4CC[C@]23C)OC1=O. The van der Waals surface area contributed by atoms with E-state index in [1.807, 2.05) is 19.1 Å². The quantitative estimate of drug-likeness (QED) is 0.542. The predicted molar refractivity (Wildman–Crippen MR) is 118 cm³/mol. The summed E-state index contributed by atoms with van der Waals surface area (Å²) in [6.45, 7) is 9.11. The van der Waals surface area contributed by atoms with Crippen molar-refractivity contribution in [3.8, 4) is 0 Å². The second kappa shape index (κ2) is 6.93. The highest BCUT2D eigenvalue weighted by Gasteiger charge is 2.59. The van der Waals surface area contributed by atoms with Crippen LogP contribution in [0.4, 0.5) is 0 Å². The summed E-state index contributed by atoms with van der Waals surface area (Å²) in [6, 6.07) is 0. The predicted octanol–water partition coefficient (Wildman–Crippen LogP) is 5.81. The van der Waals surface area contributed by atoms with Crippen LogP contribution in [0, 0.1) is 40.4 Å². The van der Waals surface area contributed by atoms with E-state index in [0.717, 1.165) is 30.3 Å². The first-order valence-electron chi connectivity index (χ1n) is 12.1. The fourth-order valence-electron chi connectivity index (χ4n) is 8.34. The van der Waals surface area contributed by atoms with Gasteiger partial charge in [-0.3, -0.25) is 4.79 Å². The molecule has 0 aromatic carbocycles. The molecular weight excluding hydrogens is 372 g/mol. The van der Waals surface area contributed by atoms with Crippen LogP contribution in [-0.2, 0) is 14.3 Å². The Morgan fingerprint density at radius 2 is 1.90 bits per heavy atom. The molecule has 4 aliphatic carbocycles. The number of ketones is 1. The lowest BCUT2D eigenvalue weighted by Gasteiger charge is -2.57. The summed E-state index contributed by atoms with van der Waals surface area (Å²) in [5, 5.41) is 0. The molecule has 8 atom stereocenters. The van der Waals surface area contributed by atoms with E-state index in [0.29, 0.717) is 23.2 Å². The van der Waals surface area contributed by atoms with Crippen molar-refractivity contribution in [3.05, 3.63) is 35.5 Å². The Bertz CT molecular complexity index is 863. The third-order valence-corrected chi connectivity index (χ3v) is 10.1. The van der Waals surface area contributed by atoms with E-state index in [4.69, 9.17) is 4.74 Å². The molecule has 1 heterocycles. The lowest BCUT2D eigenvalue weighted by molar-refractivity contribution is -0.151. The first kappa shape index (κ1) is 20.3. The fraction of sp³-hybridized carbons (Fsp3) is 0.704. The number of ether oxygens (including phenoxy) is 1. The standard InChI is InChI=1S/C27H36O3/c1-16-5-10-24(30-25(16)29)17(2)21-8-9-22-20-7-6-18-15-19(28)11-13-26(18,3)23(20)12-14-27(21,22)4/h5,11,13,15,17,20-24H,6-10,12,14H2,1-4H3/t17-,20-,21+,22-,23-,24+,26-,27+/m0/s1. The summed E-state index contributed by atoms with van der Waals surface area (Å²) >= 11 is 0. The van der Waals surface area contributed by atoms with Crippen molar-refractivity contribution in [1.29, 1.82) is 0 Å². The van der Waals surface area contributed by atoms with Gasteiger partial charge >= 0.3 is 5.97 Å². The van der Waals surface area contributed by atoms with Crippen molar-refractivity contribution < 1.29 is 14.3 Å². The largest absolute Gasteiger partial charge is 0.458 e. The molecule has 5 aliphatic rings. The smallest absolute Gasteiger partial charge is 0.333 e. The average Bonchev–Trinajstić information content (AvgIpc) is 3.07. The van der Waals surface area contributed by atoms with Gasteiger partial charge in [0.05, 0.1) is 0 Å². The number of esters is 1. The van der Waals surface area contributed by atoms with Crippen molar-refractivity contribution in [2.24, 2.45) is 40.4 Å². The molecule has 3 heteroatoms. The molecule has 0 aromatic heterocycles. The minimum Gasteiger partial charge on any atom is -0.458 e. The molecule has 0 spiro atoms. The Hall–Kier alpha value is -1.64. The number of carbonyl (C=O) groups is 2. The van der Waals surface area contributed by atoms with E-state index >= 15 is 0 Å². The van der Waals surface area contributed by atoms with Gasteiger partial charge in [-0.1, -0.05) is 38.5 Å². The zero-order chi connectivity index (χ0) is 21.3. The Kier molecular flexibility index (Phi) is 4.69. The first-order valence-corrected chi connectivity index (χ1v) is 12.1. The van der Waals surface area contributed by atoms with E-state index in [-0.39, 0.29) is 23.3 Å². The number of hydrogen-bond donors (Lipinski definition) is 0. The van der Waals surface area contributed by atoms with E-state index in [1.165, 1.54) is 37.7 Å². The van der Waals surface area contributed by atoms with Crippen LogP contribution in [-0.4, -0.2) is 17.9 Å². The maximum Gasteiger partial charge on any atom is 0.333 e. The van der Waals surface area contributed by atoms with Gasteiger partial charge in [0.15, 0.2) is 5.78 Å². The zero-order valence-electron chi connectivity index (χ0n) is 18.9. The molecule has 0 N–H and O–H groups in total. The topological polar surface area (TPSA) is 43.4 Å². The monoisotopic (exact) mass is 408 g/mol.